The molecule has 0 bridgehead atoms. The maximum atomic E-state index is 13.1. The number of alkyl halides is 3. The number of anilines is 1. The first kappa shape index (κ1) is 17.7. The van der Waals surface area contributed by atoms with Crippen molar-refractivity contribution in [1.82, 2.24) is 0 Å². The SMILES string of the molecule is NSc1cc(F)ccc1NS/C=C/c1ccccc1C(F)(F)F. The smallest absolute Gasteiger partial charge is 0.325 e. The van der Waals surface area contributed by atoms with Crippen LogP contribution in [0.1, 0.15) is 11.1 Å². The second-order valence-electron chi connectivity index (χ2n) is 4.37. The zero-order valence-corrected chi connectivity index (χ0v) is 13.2. The maximum absolute atomic E-state index is 13.1. The Labute approximate surface area is 139 Å². The predicted molar refractivity (Wildman–Crippen MR) is 88.1 cm³/mol. The minimum atomic E-state index is -4.40. The summed E-state index contributed by atoms with van der Waals surface area (Å²) in [6.45, 7) is 0. The average molecular weight is 360 g/mol. The molecular weight excluding hydrogens is 348 g/mol. The minimum Gasteiger partial charge on any atom is -0.325 e. The second-order valence-corrected chi connectivity index (χ2v) is 5.75. The van der Waals surface area contributed by atoms with Crippen LogP contribution in [-0.4, -0.2) is 0 Å². The van der Waals surface area contributed by atoms with Crippen molar-refractivity contribution in [2.24, 2.45) is 5.14 Å². The number of halogens is 4. The molecule has 0 aliphatic heterocycles. The van der Waals surface area contributed by atoms with Crippen LogP contribution in [0.15, 0.2) is 52.8 Å². The van der Waals surface area contributed by atoms with Crippen LogP contribution in [0.25, 0.3) is 6.08 Å². The van der Waals surface area contributed by atoms with E-state index < -0.39 is 17.6 Å². The van der Waals surface area contributed by atoms with Gasteiger partial charge < -0.3 is 4.72 Å². The van der Waals surface area contributed by atoms with E-state index in [1.165, 1.54) is 47.9 Å². The zero-order valence-electron chi connectivity index (χ0n) is 11.6. The van der Waals surface area contributed by atoms with E-state index >= 15 is 0 Å². The Balaban J connectivity index is 2.06. The predicted octanol–water partition coefficient (Wildman–Crippen LogP) is 5.54. The number of hydrogen-bond donors (Lipinski definition) is 2. The topological polar surface area (TPSA) is 38.0 Å². The van der Waals surface area contributed by atoms with Crippen LogP contribution in [0.3, 0.4) is 0 Å². The van der Waals surface area contributed by atoms with Gasteiger partial charge in [0.2, 0.25) is 0 Å². The summed E-state index contributed by atoms with van der Waals surface area (Å²) in [5.74, 6) is -0.414. The van der Waals surface area contributed by atoms with Crippen LogP contribution in [0.2, 0.25) is 0 Å². The van der Waals surface area contributed by atoms with Gasteiger partial charge in [0.05, 0.1) is 11.3 Å². The number of hydrogen-bond acceptors (Lipinski definition) is 4. The average Bonchev–Trinajstić information content (AvgIpc) is 2.52. The Morgan fingerprint density at radius 3 is 2.52 bits per heavy atom. The monoisotopic (exact) mass is 360 g/mol. The van der Waals surface area contributed by atoms with E-state index in [0.29, 0.717) is 10.6 Å². The number of nitrogens with two attached hydrogens (primary N) is 1. The fourth-order valence-corrected chi connectivity index (χ4v) is 2.86. The molecule has 0 amide bonds. The van der Waals surface area contributed by atoms with E-state index in [-0.39, 0.29) is 5.56 Å². The standard InChI is InChI=1S/C15H12F4N2S2/c16-11-5-6-13(14(9-11)23-20)21-22-8-7-10-3-1-2-4-12(10)15(17,18)19/h1-9,21H,20H2/b8-7+. The molecular formula is C15H12F4N2S2. The quantitative estimate of drug-likeness (QED) is 0.542. The minimum absolute atomic E-state index is 0.0711. The molecule has 0 fully saturated rings. The van der Waals surface area contributed by atoms with Crippen molar-refractivity contribution >= 4 is 35.7 Å². The third-order valence-electron chi connectivity index (χ3n) is 2.82. The molecule has 0 aliphatic carbocycles. The molecule has 0 spiro atoms. The Bertz CT molecular complexity index is 702. The highest BCUT2D eigenvalue weighted by atomic mass is 32.2. The lowest BCUT2D eigenvalue weighted by Gasteiger charge is -2.10. The van der Waals surface area contributed by atoms with Crippen LogP contribution < -0.4 is 9.86 Å². The summed E-state index contributed by atoms with van der Waals surface area (Å²) in [6, 6.07) is 9.35. The normalized spacial score (nSPS) is 11.9. The molecule has 3 N–H and O–H groups in total. The fraction of sp³-hybridized carbons (Fsp3) is 0.0667. The highest BCUT2D eigenvalue weighted by Crippen LogP contribution is 2.33. The lowest BCUT2D eigenvalue weighted by Crippen LogP contribution is -2.06. The molecule has 122 valence electrons. The first-order valence-electron chi connectivity index (χ1n) is 6.32. The first-order valence-corrected chi connectivity index (χ1v) is 8.08. The van der Waals surface area contributed by atoms with Crippen LogP contribution in [0.5, 0.6) is 0 Å². The van der Waals surface area contributed by atoms with Gasteiger partial charge in [0.15, 0.2) is 0 Å². The number of nitrogens with one attached hydrogen (secondary N) is 1. The zero-order chi connectivity index (χ0) is 16.9. The molecule has 0 heterocycles. The van der Waals surface area contributed by atoms with Crippen molar-refractivity contribution < 1.29 is 17.6 Å². The van der Waals surface area contributed by atoms with E-state index in [2.05, 4.69) is 4.72 Å². The summed E-state index contributed by atoms with van der Waals surface area (Å²) >= 11 is 1.95. The molecule has 2 rings (SSSR count). The molecule has 2 nitrogen and oxygen atoms in total. The van der Waals surface area contributed by atoms with Crippen LogP contribution in [0, 0.1) is 5.82 Å². The van der Waals surface area contributed by atoms with Crippen molar-refractivity contribution in [3.63, 3.8) is 0 Å². The Morgan fingerprint density at radius 2 is 1.83 bits per heavy atom. The third kappa shape index (κ3) is 4.92. The summed E-state index contributed by atoms with van der Waals surface area (Å²) < 4.78 is 54.5. The van der Waals surface area contributed by atoms with Crippen molar-refractivity contribution in [1.29, 1.82) is 0 Å². The molecule has 0 unspecified atom stereocenters. The van der Waals surface area contributed by atoms with Gasteiger partial charge in [-0.3, -0.25) is 5.14 Å². The van der Waals surface area contributed by atoms with Crippen LogP contribution in [-0.2, 0) is 6.18 Å². The summed E-state index contributed by atoms with van der Waals surface area (Å²) in [5.41, 5.74) is -0.0451. The van der Waals surface area contributed by atoms with Gasteiger partial charge in [-0.1, -0.05) is 18.2 Å². The number of rotatable bonds is 5. The van der Waals surface area contributed by atoms with E-state index in [0.717, 1.165) is 30.0 Å². The molecule has 23 heavy (non-hydrogen) atoms. The van der Waals surface area contributed by atoms with Crippen molar-refractivity contribution in [3.8, 4) is 0 Å². The molecule has 2 aromatic rings. The van der Waals surface area contributed by atoms with Crippen molar-refractivity contribution in [2.75, 3.05) is 4.72 Å². The van der Waals surface area contributed by atoms with Gasteiger partial charge in [-0.2, -0.15) is 13.2 Å². The first-order chi connectivity index (χ1) is 10.9. The van der Waals surface area contributed by atoms with Crippen LogP contribution >= 0.6 is 23.9 Å². The molecule has 0 saturated heterocycles. The molecule has 8 heteroatoms. The summed E-state index contributed by atoms with van der Waals surface area (Å²) in [6.07, 6.45) is -3.04. The molecule has 0 radical (unpaired) electrons. The van der Waals surface area contributed by atoms with Gasteiger partial charge in [-0.15, -0.1) is 0 Å². The van der Waals surface area contributed by atoms with Crippen LogP contribution in [0.4, 0.5) is 23.2 Å². The molecule has 0 saturated carbocycles. The second kappa shape index (κ2) is 7.76. The maximum Gasteiger partial charge on any atom is 0.416 e. The largest absolute Gasteiger partial charge is 0.416 e. The highest BCUT2D eigenvalue weighted by Gasteiger charge is 2.32. The van der Waals surface area contributed by atoms with E-state index in [1.807, 2.05) is 0 Å². The summed E-state index contributed by atoms with van der Waals surface area (Å²) in [7, 11) is 0. The van der Waals surface area contributed by atoms with Crippen molar-refractivity contribution in [3.05, 3.63) is 64.8 Å². The Hall–Kier alpha value is -1.64. The van der Waals surface area contributed by atoms with Gasteiger partial charge in [0.1, 0.15) is 5.82 Å². The van der Waals surface area contributed by atoms with Gasteiger partial charge >= 0.3 is 6.18 Å². The van der Waals surface area contributed by atoms with Gasteiger partial charge in [-0.05, 0) is 65.2 Å². The van der Waals surface area contributed by atoms with Gasteiger partial charge in [0.25, 0.3) is 0 Å². The van der Waals surface area contributed by atoms with Crippen molar-refractivity contribution in [2.45, 2.75) is 11.1 Å². The number of benzene rings is 2. The van der Waals surface area contributed by atoms with Gasteiger partial charge in [-0.25, -0.2) is 4.39 Å². The molecule has 0 aliphatic rings. The summed E-state index contributed by atoms with van der Waals surface area (Å²) in [5, 5.41) is 6.93. The molecule has 0 atom stereocenters. The highest BCUT2D eigenvalue weighted by molar-refractivity contribution is 8.03. The van der Waals surface area contributed by atoms with Gasteiger partial charge in [0, 0.05) is 4.90 Å². The van der Waals surface area contributed by atoms with E-state index in [9.17, 15) is 17.6 Å². The third-order valence-corrected chi connectivity index (χ3v) is 4.02. The molecule has 0 aromatic heterocycles. The summed E-state index contributed by atoms with van der Waals surface area (Å²) in [4.78, 5) is 0.501. The Kier molecular flexibility index (Phi) is 5.97. The Morgan fingerprint density at radius 1 is 1.09 bits per heavy atom. The fourth-order valence-electron chi connectivity index (χ4n) is 1.78. The van der Waals surface area contributed by atoms with E-state index in [1.54, 1.807) is 0 Å². The van der Waals surface area contributed by atoms with E-state index in [4.69, 9.17) is 5.14 Å². The lowest BCUT2D eigenvalue weighted by atomic mass is 10.1. The lowest BCUT2D eigenvalue weighted by molar-refractivity contribution is -0.137. The molecule has 2 aromatic carbocycles.